The first-order valence-corrected chi connectivity index (χ1v) is 7.20. The first-order valence-electron chi connectivity index (χ1n) is 6.82. The fourth-order valence-corrected chi connectivity index (χ4v) is 2.90. The van der Waals surface area contributed by atoms with E-state index in [4.69, 9.17) is 16.7 Å². The Kier molecular flexibility index (Phi) is 4.83. The Bertz CT molecular complexity index is 461. The molecule has 0 saturated carbocycles. The summed E-state index contributed by atoms with van der Waals surface area (Å²) in [5.41, 5.74) is 1.55. The highest BCUT2D eigenvalue weighted by Gasteiger charge is 2.29. The Morgan fingerprint density at radius 2 is 2.32 bits per heavy atom. The van der Waals surface area contributed by atoms with Crippen molar-refractivity contribution in [2.75, 3.05) is 13.2 Å². The zero-order valence-electron chi connectivity index (χ0n) is 11.2. The van der Waals surface area contributed by atoms with Crippen LogP contribution in [0.2, 0.25) is 5.02 Å². The predicted molar refractivity (Wildman–Crippen MR) is 76.6 cm³/mol. The van der Waals surface area contributed by atoms with Crippen molar-refractivity contribution in [2.45, 2.75) is 38.6 Å². The van der Waals surface area contributed by atoms with Gasteiger partial charge in [0.2, 0.25) is 0 Å². The number of carbonyl (C=O) groups is 1. The third-order valence-electron chi connectivity index (χ3n) is 3.83. The lowest BCUT2D eigenvalue weighted by Crippen LogP contribution is -2.36. The van der Waals surface area contributed by atoms with Gasteiger partial charge in [0.25, 0.3) is 5.91 Å². The summed E-state index contributed by atoms with van der Waals surface area (Å²) in [6.07, 6.45) is 3.71. The van der Waals surface area contributed by atoms with Crippen LogP contribution in [-0.2, 0) is 0 Å². The number of aliphatic hydroxyl groups is 1. The monoisotopic (exact) mass is 281 g/mol. The molecule has 1 unspecified atom stereocenters. The summed E-state index contributed by atoms with van der Waals surface area (Å²) in [6, 6.07) is 5.73. The first-order chi connectivity index (χ1) is 9.15. The molecule has 1 aliphatic heterocycles. The molecule has 0 spiro atoms. The van der Waals surface area contributed by atoms with Crippen LogP contribution in [-0.4, -0.2) is 35.1 Å². The number of rotatable bonds is 4. The topological polar surface area (TPSA) is 40.5 Å². The Morgan fingerprint density at radius 3 is 3.05 bits per heavy atom. The molecule has 0 aliphatic carbocycles. The second-order valence-electron chi connectivity index (χ2n) is 5.07. The van der Waals surface area contributed by atoms with Crippen LogP contribution in [0.15, 0.2) is 18.2 Å². The van der Waals surface area contributed by atoms with Crippen LogP contribution in [0.4, 0.5) is 0 Å². The molecule has 1 fully saturated rings. The highest BCUT2D eigenvalue weighted by Crippen LogP contribution is 2.26. The van der Waals surface area contributed by atoms with Gasteiger partial charge in [-0.1, -0.05) is 17.7 Å². The normalized spacial score (nSPS) is 18.9. The molecule has 0 radical (unpaired) electrons. The molecule has 104 valence electrons. The first kappa shape index (κ1) is 14.4. The summed E-state index contributed by atoms with van der Waals surface area (Å²) in [5, 5.41) is 9.56. The van der Waals surface area contributed by atoms with Crippen molar-refractivity contribution in [1.82, 2.24) is 4.90 Å². The van der Waals surface area contributed by atoms with Gasteiger partial charge in [0.1, 0.15) is 0 Å². The van der Waals surface area contributed by atoms with Crippen LogP contribution in [0.25, 0.3) is 0 Å². The third-order valence-corrected chi connectivity index (χ3v) is 4.24. The molecule has 1 amide bonds. The van der Waals surface area contributed by atoms with Gasteiger partial charge >= 0.3 is 0 Å². The van der Waals surface area contributed by atoms with Crippen LogP contribution in [0.5, 0.6) is 0 Å². The summed E-state index contributed by atoms with van der Waals surface area (Å²) < 4.78 is 0. The standard InChI is InChI=1S/C15H20ClNO2/c1-11-13(7-2-8-14(11)16)15(19)17-9-3-5-12(17)6-4-10-18/h2,7-8,12,18H,3-6,9-10H2,1H3. The molecule has 19 heavy (non-hydrogen) atoms. The lowest BCUT2D eigenvalue weighted by Gasteiger charge is -2.25. The largest absolute Gasteiger partial charge is 0.396 e. The molecular formula is C15H20ClNO2. The number of amides is 1. The minimum absolute atomic E-state index is 0.0699. The molecule has 0 bridgehead atoms. The number of benzene rings is 1. The Hall–Kier alpha value is -1.06. The molecule has 1 atom stereocenters. The van der Waals surface area contributed by atoms with E-state index in [2.05, 4.69) is 0 Å². The molecule has 1 aromatic rings. The minimum Gasteiger partial charge on any atom is -0.396 e. The molecule has 0 aromatic heterocycles. The molecular weight excluding hydrogens is 262 g/mol. The van der Waals surface area contributed by atoms with E-state index < -0.39 is 0 Å². The van der Waals surface area contributed by atoms with Crippen LogP contribution in [0.3, 0.4) is 0 Å². The van der Waals surface area contributed by atoms with Crippen LogP contribution in [0, 0.1) is 6.92 Å². The van der Waals surface area contributed by atoms with Crippen LogP contribution >= 0.6 is 11.6 Å². The van der Waals surface area contributed by atoms with Gasteiger partial charge in [0.15, 0.2) is 0 Å². The van der Waals surface area contributed by atoms with Crippen molar-refractivity contribution >= 4 is 17.5 Å². The summed E-state index contributed by atoms with van der Waals surface area (Å²) >= 11 is 6.08. The van der Waals surface area contributed by atoms with Gasteiger partial charge in [-0.25, -0.2) is 0 Å². The highest BCUT2D eigenvalue weighted by atomic mass is 35.5. The van der Waals surface area contributed by atoms with E-state index in [1.165, 1.54) is 0 Å². The van der Waals surface area contributed by atoms with Crippen molar-refractivity contribution in [2.24, 2.45) is 0 Å². The number of hydrogen-bond acceptors (Lipinski definition) is 2. The second kappa shape index (κ2) is 6.40. The average molecular weight is 282 g/mol. The SMILES string of the molecule is Cc1c(Cl)cccc1C(=O)N1CCCC1CCCO. The number of halogens is 1. The van der Waals surface area contributed by atoms with Gasteiger partial charge in [-0.15, -0.1) is 0 Å². The lowest BCUT2D eigenvalue weighted by atomic mass is 10.1. The smallest absolute Gasteiger partial charge is 0.254 e. The predicted octanol–water partition coefficient (Wildman–Crippen LogP) is 3.03. The molecule has 1 aromatic carbocycles. The summed E-state index contributed by atoms with van der Waals surface area (Å²) in [4.78, 5) is 14.5. The van der Waals surface area contributed by atoms with Crippen molar-refractivity contribution in [3.05, 3.63) is 34.3 Å². The fourth-order valence-electron chi connectivity index (χ4n) is 2.72. The number of carbonyl (C=O) groups excluding carboxylic acids is 1. The molecule has 1 aliphatic rings. The van der Waals surface area contributed by atoms with Gasteiger partial charge < -0.3 is 10.0 Å². The Balaban J connectivity index is 2.16. The van der Waals surface area contributed by atoms with Gasteiger partial charge in [-0.3, -0.25) is 4.79 Å². The third kappa shape index (κ3) is 3.10. The van der Waals surface area contributed by atoms with Crippen LogP contribution < -0.4 is 0 Å². The maximum atomic E-state index is 12.6. The van der Waals surface area contributed by atoms with Crippen molar-refractivity contribution in [3.8, 4) is 0 Å². The second-order valence-corrected chi connectivity index (χ2v) is 5.48. The molecule has 1 heterocycles. The van der Waals surface area contributed by atoms with Gasteiger partial charge in [-0.2, -0.15) is 0 Å². The van der Waals surface area contributed by atoms with Gasteiger partial charge in [0.05, 0.1) is 0 Å². The molecule has 3 nitrogen and oxygen atoms in total. The van der Waals surface area contributed by atoms with E-state index >= 15 is 0 Å². The van der Waals surface area contributed by atoms with Crippen molar-refractivity contribution in [3.63, 3.8) is 0 Å². The van der Waals surface area contributed by atoms with E-state index in [1.54, 1.807) is 6.07 Å². The van der Waals surface area contributed by atoms with E-state index in [1.807, 2.05) is 24.0 Å². The van der Waals surface area contributed by atoms with Crippen molar-refractivity contribution < 1.29 is 9.90 Å². The van der Waals surface area contributed by atoms with Gasteiger partial charge in [0, 0.05) is 29.8 Å². The quantitative estimate of drug-likeness (QED) is 0.922. The molecule has 1 N–H and O–H groups in total. The molecule has 2 rings (SSSR count). The Labute approximate surface area is 119 Å². The zero-order chi connectivity index (χ0) is 13.8. The highest BCUT2D eigenvalue weighted by molar-refractivity contribution is 6.31. The van der Waals surface area contributed by atoms with E-state index in [0.717, 1.165) is 37.8 Å². The molecule has 1 saturated heterocycles. The van der Waals surface area contributed by atoms with Crippen LogP contribution in [0.1, 0.15) is 41.6 Å². The fraction of sp³-hybridized carbons (Fsp3) is 0.533. The summed E-state index contributed by atoms with van der Waals surface area (Å²) in [6.45, 7) is 2.88. The molecule has 4 heteroatoms. The Morgan fingerprint density at radius 1 is 1.53 bits per heavy atom. The van der Waals surface area contributed by atoms with E-state index in [-0.39, 0.29) is 18.6 Å². The zero-order valence-corrected chi connectivity index (χ0v) is 12.0. The van der Waals surface area contributed by atoms with Crippen molar-refractivity contribution in [1.29, 1.82) is 0 Å². The average Bonchev–Trinajstić information content (AvgIpc) is 2.87. The summed E-state index contributed by atoms with van der Waals surface area (Å²) in [5.74, 6) is 0.0699. The lowest BCUT2D eigenvalue weighted by molar-refractivity contribution is 0.0723. The van der Waals surface area contributed by atoms with Gasteiger partial charge in [-0.05, 0) is 50.3 Å². The maximum Gasteiger partial charge on any atom is 0.254 e. The minimum atomic E-state index is 0.0699. The number of hydrogen-bond donors (Lipinski definition) is 1. The number of aliphatic hydroxyl groups excluding tert-OH is 1. The number of likely N-dealkylation sites (tertiary alicyclic amines) is 1. The van der Waals surface area contributed by atoms with E-state index in [9.17, 15) is 4.79 Å². The summed E-state index contributed by atoms with van der Waals surface area (Å²) in [7, 11) is 0. The number of nitrogens with zero attached hydrogens (tertiary/aromatic N) is 1. The maximum absolute atomic E-state index is 12.6. The van der Waals surface area contributed by atoms with E-state index in [0.29, 0.717) is 10.6 Å².